The van der Waals surface area contributed by atoms with E-state index < -0.39 is 0 Å². The number of quaternary nitrogens is 1. The smallest absolute Gasteiger partial charge is 0.0784 e. The summed E-state index contributed by atoms with van der Waals surface area (Å²) in [4.78, 5) is 0. The average Bonchev–Trinajstić information content (AvgIpc) is 2.30. The molecule has 1 nitrogen and oxygen atoms in total. The number of nitrogens with zero attached hydrogens (tertiary/aromatic N) is 1. The van der Waals surface area contributed by atoms with Crippen molar-refractivity contribution in [3.63, 3.8) is 0 Å². The lowest BCUT2D eigenvalue weighted by Gasteiger charge is -2.35. The molecule has 0 aromatic rings. The molecule has 0 aliphatic rings. The van der Waals surface area contributed by atoms with E-state index in [-0.39, 0.29) is 0 Å². The maximum absolute atomic E-state index is 5.78. The quantitative estimate of drug-likeness (QED) is 0.268. The summed E-state index contributed by atoms with van der Waals surface area (Å²) in [7, 11) is 2.44. The SMILES string of the molecule is CCCCC[N+](C)(CCCCC)CCCCCl. The third kappa shape index (κ3) is 9.91. The van der Waals surface area contributed by atoms with E-state index in [0.717, 1.165) is 5.88 Å². The molecule has 0 radical (unpaired) electrons. The lowest BCUT2D eigenvalue weighted by Crippen LogP contribution is -2.46. The van der Waals surface area contributed by atoms with Crippen molar-refractivity contribution in [1.29, 1.82) is 0 Å². The van der Waals surface area contributed by atoms with Crippen LogP contribution >= 0.6 is 11.6 Å². The van der Waals surface area contributed by atoms with Gasteiger partial charge in [0.1, 0.15) is 0 Å². The minimum absolute atomic E-state index is 0.823. The minimum Gasteiger partial charge on any atom is -0.326 e. The maximum atomic E-state index is 5.78. The third-order valence-corrected chi connectivity index (χ3v) is 3.95. The molecular weight excluding hydrogens is 230 g/mol. The molecule has 0 fully saturated rings. The topological polar surface area (TPSA) is 0 Å². The van der Waals surface area contributed by atoms with Gasteiger partial charge in [-0.3, -0.25) is 0 Å². The number of rotatable bonds is 12. The van der Waals surface area contributed by atoms with E-state index in [4.69, 9.17) is 11.6 Å². The molecule has 0 N–H and O–H groups in total. The first-order valence-corrected chi connectivity index (χ1v) is 8.11. The Kier molecular flexibility index (Phi) is 11.5. The summed E-state index contributed by atoms with van der Waals surface area (Å²) in [5.41, 5.74) is 0. The lowest BCUT2D eigenvalue weighted by atomic mass is 10.1. The molecule has 0 heterocycles. The normalized spacial score (nSPS) is 12.0. The first-order chi connectivity index (χ1) is 8.18. The highest BCUT2D eigenvalue weighted by atomic mass is 35.5. The molecule has 0 saturated carbocycles. The van der Waals surface area contributed by atoms with Crippen molar-refractivity contribution in [2.75, 3.05) is 32.6 Å². The van der Waals surface area contributed by atoms with Crippen molar-refractivity contribution in [3.05, 3.63) is 0 Å². The average molecular weight is 263 g/mol. The van der Waals surface area contributed by atoms with Crippen LogP contribution in [0, 0.1) is 0 Å². The van der Waals surface area contributed by atoms with Gasteiger partial charge in [-0.25, -0.2) is 0 Å². The molecule has 0 aliphatic heterocycles. The summed E-state index contributed by atoms with van der Waals surface area (Å²) in [6.07, 6.45) is 10.7. The van der Waals surface area contributed by atoms with Gasteiger partial charge in [0, 0.05) is 5.88 Å². The summed E-state index contributed by atoms with van der Waals surface area (Å²) >= 11 is 5.78. The number of alkyl halides is 1. The Morgan fingerprint density at radius 3 is 1.47 bits per heavy atom. The molecule has 0 aromatic carbocycles. The minimum atomic E-state index is 0.823. The van der Waals surface area contributed by atoms with E-state index >= 15 is 0 Å². The Hall–Kier alpha value is 0.250. The monoisotopic (exact) mass is 262 g/mol. The van der Waals surface area contributed by atoms with Gasteiger partial charge < -0.3 is 4.48 Å². The summed E-state index contributed by atoms with van der Waals surface area (Å²) in [5.74, 6) is 0.823. The van der Waals surface area contributed by atoms with Crippen LogP contribution in [-0.4, -0.2) is 37.0 Å². The summed E-state index contributed by atoms with van der Waals surface area (Å²) < 4.78 is 1.27. The van der Waals surface area contributed by atoms with Gasteiger partial charge in [0.2, 0.25) is 0 Å². The summed E-state index contributed by atoms with van der Waals surface area (Å²) in [6, 6.07) is 0. The molecule has 0 spiro atoms. The predicted octanol–water partition coefficient (Wildman–Crippen LogP) is 4.83. The molecule has 0 amide bonds. The van der Waals surface area contributed by atoms with Crippen LogP contribution in [0.1, 0.15) is 65.2 Å². The van der Waals surface area contributed by atoms with Crippen LogP contribution in [0.4, 0.5) is 0 Å². The first-order valence-electron chi connectivity index (χ1n) is 7.58. The fourth-order valence-corrected chi connectivity index (χ4v) is 2.60. The Balaban J connectivity index is 3.95. The number of hydrogen-bond donors (Lipinski definition) is 0. The van der Waals surface area contributed by atoms with E-state index in [0.29, 0.717) is 0 Å². The number of halogens is 1. The van der Waals surface area contributed by atoms with Gasteiger partial charge in [0.15, 0.2) is 0 Å². The molecule has 0 rings (SSSR count). The number of unbranched alkanes of at least 4 members (excludes halogenated alkanes) is 5. The molecule has 0 aromatic heterocycles. The highest BCUT2D eigenvalue weighted by Gasteiger charge is 2.19. The van der Waals surface area contributed by atoms with Gasteiger partial charge in [-0.05, 0) is 38.5 Å². The zero-order chi connectivity index (χ0) is 13.0. The second kappa shape index (κ2) is 11.3. The van der Waals surface area contributed by atoms with E-state index in [2.05, 4.69) is 20.9 Å². The van der Waals surface area contributed by atoms with Crippen LogP contribution in [0.2, 0.25) is 0 Å². The molecule has 0 atom stereocenters. The van der Waals surface area contributed by atoms with Crippen molar-refractivity contribution in [1.82, 2.24) is 0 Å². The van der Waals surface area contributed by atoms with E-state index in [1.54, 1.807) is 0 Å². The molecule has 0 aliphatic carbocycles. The van der Waals surface area contributed by atoms with Crippen LogP contribution < -0.4 is 0 Å². The van der Waals surface area contributed by atoms with Gasteiger partial charge in [0.05, 0.1) is 26.7 Å². The molecular formula is C15H33ClN+. The molecule has 0 bridgehead atoms. The Labute approximate surface area is 114 Å². The van der Waals surface area contributed by atoms with Crippen molar-refractivity contribution >= 4 is 11.6 Å². The Morgan fingerprint density at radius 2 is 1.12 bits per heavy atom. The van der Waals surface area contributed by atoms with Gasteiger partial charge in [0.25, 0.3) is 0 Å². The first kappa shape index (κ1) is 17.2. The Bertz CT molecular complexity index is 132. The highest BCUT2D eigenvalue weighted by Crippen LogP contribution is 2.12. The van der Waals surface area contributed by atoms with Gasteiger partial charge in [-0.2, -0.15) is 0 Å². The summed E-state index contributed by atoms with van der Waals surface area (Å²) in [6.45, 7) is 8.61. The van der Waals surface area contributed by atoms with Crippen LogP contribution in [0.3, 0.4) is 0 Å². The van der Waals surface area contributed by atoms with Crippen LogP contribution in [0.25, 0.3) is 0 Å². The lowest BCUT2D eigenvalue weighted by molar-refractivity contribution is -0.910. The van der Waals surface area contributed by atoms with Crippen LogP contribution in [-0.2, 0) is 0 Å². The fraction of sp³-hybridized carbons (Fsp3) is 1.00. The summed E-state index contributed by atoms with van der Waals surface area (Å²) in [5, 5.41) is 0. The highest BCUT2D eigenvalue weighted by molar-refractivity contribution is 6.17. The van der Waals surface area contributed by atoms with Crippen molar-refractivity contribution in [2.24, 2.45) is 0 Å². The van der Waals surface area contributed by atoms with Crippen LogP contribution in [0.5, 0.6) is 0 Å². The Morgan fingerprint density at radius 1 is 0.706 bits per heavy atom. The number of hydrogen-bond acceptors (Lipinski definition) is 0. The van der Waals surface area contributed by atoms with Gasteiger partial charge in [-0.1, -0.05) is 26.7 Å². The van der Waals surface area contributed by atoms with Gasteiger partial charge >= 0.3 is 0 Å². The van der Waals surface area contributed by atoms with Gasteiger partial charge in [-0.15, -0.1) is 11.6 Å². The second-order valence-electron chi connectivity index (χ2n) is 5.60. The third-order valence-electron chi connectivity index (χ3n) is 3.68. The van der Waals surface area contributed by atoms with Crippen molar-refractivity contribution in [3.8, 4) is 0 Å². The molecule has 2 heteroatoms. The predicted molar refractivity (Wildman–Crippen MR) is 79.8 cm³/mol. The second-order valence-corrected chi connectivity index (χ2v) is 5.98. The van der Waals surface area contributed by atoms with Crippen LogP contribution in [0.15, 0.2) is 0 Å². The zero-order valence-electron chi connectivity index (χ0n) is 12.3. The molecule has 0 unspecified atom stereocenters. The fourth-order valence-electron chi connectivity index (χ4n) is 2.41. The maximum Gasteiger partial charge on any atom is 0.0784 e. The molecule has 0 saturated heterocycles. The largest absolute Gasteiger partial charge is 0.326 e. The van der Waals surface area contributed by atoms with Crippen molar-refractivity contribution in [2.45, 2.75) is 65.2 Å². The van der Waals surface area contributed by atoms with Crippen molar-refractivity contribution < 1.29 is 4.48 Å². The molecule has 17 heavy (non-hydrogen) atoms. The zero-order valence-corrected chi connectivity index (χ0v) is 13.1. The van der Waals surface area contributed by atoms with E-state index in [1.165, 1.54) is 75.5 Å². The standard InChI is InChI=1S/C15H33ClN/c1-4-6-9-13-17(3,14-10-7-5-2)15-11-8-12-16/h4-15H2,1-3H3/q+1. The van der Waals surface area contributed by atoms with E-state index in [9.17, 15) is 0 Å². The molecule has 104 valence electrons. The van der Waals surface area contributed by atoms with E-state index in [1.807, 2.05) is 0 Å².